The maximum absolute atomic E-state index is 13.4. The zero-order valence-corrected chi connectivity index (χ0v) is 30.6. The number of esters is 1. The molecule has 0 spiro atoms. The number of ether oxygens (including phenoxy) is 5. The Morgan fingerprint density at radius 3 is 2.46 bits per heavy atom. The van der Waals surface area contributed by atoms with Crippen molar-refractivity contribution in [1.29, 1.82) is 0 Å². The van der Waals surface area contributed by atoms with Gasteiger partial charge in [0, 0.05) is 32.5 Å². The summed E-state index contributed by atoms with van der Waals surface area (Å²) in [6.45, 7) is 6.51. The standard InChI is InChI=1S/C42H42N4O8/c1-5-10-36-44-37-24(2)19-28(40-43-31-13-8-9-14-32(31)45(40)4)20-33(37)46(36)21-26-15-17-27(18-16-26)29-11-6-7-12-30(29)41(48)52-25(3)53-42(49)54-35-23-51-38-34(47)22-50-39(35)38/h6-9,11-20,25,34-35,38-39,47H,5,10,21-23H2,1-4H3/t25?,34-,35-,38+,39+/m0/s1. The quantitative estimate of drug-likeness (QED) is 0.119. The molecule has 0 radical (unpaired) electrons. The molecule has 6 aromatic rings. The third-order valence-corrected chi connectivity index (χ3v) is 10.2. The maximum Gasteiger partial charge on any atom is 0.511 e. The van der Waals surface area contributed by atoms with Crippen LogP contribution in [0.1, 0.15) is 47.6 Å². The van der Waals surface area contributed by atoms with E-state index < -0.39 is 42.8 Å². The zero-order valence-electron chi connectivity index (χ0n) is 30.6. The molecule has 0 bridgehead atoms. The average molecular weight is 731 g/mol. The number of aliphatic hydroxyl groups excluding tert-OH is 1. The van der Waals surface area contributed by atoms with Gasteiger partial charge in [-0.1, -0.05) is 61.5 Å². The van der Waals surface area contributed by atoms with Crippen molar-refractivity contribution < 1.29 is 38.4 Å². The summed E-state index contributed by atoms with van der Waals surface area (Å²) in [6, 6.07) is 27.8. The van der Waals surface area contributed by atoms with Crippen molar-refractivity contribution in [2.45, 2.75) is 70.9 Å². The molecular formula is C42H42N4O8. The van der Waals surface area contributed by atoms with Crippen LogP contribution in [0.5, 0.6) is 0 Å². The first-order valence-corrected chi connectivity index (χ1v) is 18.3. The van der Waals surface area contributed by atoms with E-state index in [1.807, 2.05) is 42.5 Å². The zero-order chi connectivity index (χ0) is 37.5. The highest BCUT2D eigenvalue weighted by atomic mass is 16.8. The second-order valence-corrected chi connectivity index (χ2v) is 13.9. The predicted molar refractivity (Wildman–Crippen MR) is 201 cm³/mol. The van der Waals surface area contributed by atoms with E-state index in [4.69, 9.17) is 33.7 Å². The number of imidazole rings is 2. The molecule has 1 unspecified atom stereocenters. The van der Waals surface area contributed by atoms with E-state index in [1.54, 1.807) is 12.1 Å². The molecule has 0 aliphatic carbocycles. The third-order valence-electron chi connectivity index (χ3n) is 10.2. The maximum atomic E-state index is 13.4. The number of para-hydroxylation sites is 2. The molecule has 0 amide bonds. The summed E-state index contributed by atoms with van der Waals surface area (Å²) in [6.07, 6.45) is -3.07. The van der Waals surface area contributed by atoms with E-state index in [0.29, 0.717) is 17.7 Å². The number of nitrogens with zero attached hydrogens (tertiary/aromatic N) is 4. The van der Waals surface area contributed by atoms with E-state index in [9.17, 15) is 14.7 Å². The first kappa shape index (κ1) is 35.5. The lowest BCUT2D eigenvalue weighted by atomic mass is 9.98. The number of aryl methyl sites for hydroxylation is 3. The Morgan fingerprint density at radius 2 is 1.67 bits per heavy atom. The molecule has 12 heteroatoms. The Kier molecular flexibility index (Phi) is 9.65. The van der Waals surface area contributed by atoms with E-state index in [-0.39, 0.29) is 13.2 Å². The Labute approximate surface area is 312 Å². The van der Waals surface area contributed by atoms with Crippen molar-refractivity contribution in [2.75, 3.05) is 13.2 Å². The first-order valence-electron chi connectivity index (χ1n) is 18.3. The molecule has 54 heavy (non-hydrogen) atoms. The van der Waals surface area contributed by atoms with Crippen LogP contribution in [-0.4, -0.2) is 80.3 Å². The van der Waals surface area contributed by atoms with Crippen molar-refractivity contribution in [2.24, 2.45) is 7.05 Å². The highest BCUT2D eigenvalue weighted by Gasteiger charge is 2.49. The number of aliphatic hydroxyl groups is 1. The summed E-state index contributed by atoms with van der Waals surface area (Å²) in [5.74, 6) is 1.29. The number of carbonyl (C=O) groups is 2. The van der Waals surface area contributed by atoms with Crippen LogP contribution in [0.25, 0.3) is 44.6 Å². The van der Waals surface area contributed by atoms with Gasteiger partial charge in [-0.2, -0.15) is 0 Å². The van der Waals surface area contributed by atoms with E-state index in [0.717, 1.165) is 68.8 Å². The molecule has 2 fully saturated rings. The lowest BCUT2D eigenvalue weighted by Gasteiger charge is -2.19. The van der Waals surface area contributed by atoms with E-state index in [2.05, 4.69) is 60.4 Å². The van der Waals surface area contributed by atoms with Crippen LogP contribution in [0.3, 0.4) is 0 Å². The van der Waals surface area contributed by atoms with E-state index >= 15 is 0 Å². The lowest BCUT2D eigenvalue weighted by Crippen LogP contribution is -2.35. The van der Waals surface area contributed by atoms with Crippen molar-refractivity contribution in [3.63, 3.8) is 0 Å². The average Bonchev–Trinajstić information content (AvgIpc) is 3.93. The van der Waals surface area contributed by atoms with Crippen LogP contribution in [0, 0.1) is 6.92 Å². The van der Waals surface area contributed by atoms with Gasteiger partial charge in [0.05, 0.1) is 40.8 Å². The number of hydrogen-bond donors (Lipinski definition) is 1. The van der Waals surface area contributed by atoms with Gasteiger partial charge < -0.3 is 37.9 Å². The Balaban J connectivity index is 0.989. The lowest BCUT2D eigenvalue weighted by molar-refractivity contribution is -0.0987. The molecule has 2 aliphatic rings. The number of fused-ring (bicyclic) bond motifs is 3. The van der Waals surface area contributed by atoms with Crippen LogP contribution in [0.2, 0.25) is 0 Å². The van der Waals surface area contributed by atoms with Gasteiger partial charge >= 0.3 is 12.1 Å². The second-order valence-electron chi connectivity index (χ2n) is 13.9. The normalized spacial score (nSPS) is 19.9. The number of hydrogen-bond acceptors (Lipinski definition) is 10. The Bertz CT molecular complexity index is 2350. The van der Waals surface area contributed by atoms with Crippen LogP contribution < -0.4 is 0 Å². The molecule has 278 valence electrons. The number of benzene rings is 4. The Morgan fingerprint density at radius 1 is 0.907 bits per heavy atom. The Hall–Kier alpha value is -5.56. The smallest absolute Gasteiger partial charge is 0.426 e. The van der Waals surface area contributed by atoms with Gasteiger partial charge in [0.2, 0.25) is 6.29 Å². The van der Waals surface area contributed by atoms with Crippen LogP contribution in [0.15, 0.2) is 84.9 Å². The van der Waals surface area contributed by atoms with Crippen molar-refractivity contribution in [3.8, 4) is 22.5 Å². The molecule has 8 rings (SSSR count). The molecule has 4 heterocycles. The molecular weight excluding hydrogens is 688 g/mol. The van der Waals surface area contributed by atoms with E-state index in [1.165, 1.54) is 6.92 Å². The van der Waals surface area contributed by atoms with Crippen LogP contribution >= 0.6 is 0 Å². The highest BCUT2D eigenvalue weighted by molar-refractivity contribution is 5.97. The van der Waals surface area contributed by atoms with Crippen molar-refractivity contribution in [1.82, 2.24) is 19.1 Å². The molecule has 2 saturated heterocycles. The van der Waals surface area contributed by atoms with Gasteiger partial charge in [0.15, 0.2) is 6.10 Å². The van der Waals surface area contributed by atoms with Crippen molar-refractivity contribution in [3.05, 3.63) is 107 Å². The summed E-state index contributed by atoms with van der Waals surface area (Å²) in [5.41, 5.74) is 9.14. The minimum absolute atomic E-state index is 0.0743. The molecule has 0 saturated carbocycles. The fourth-order valence-electron chi connectivity index (χ4n) is 7.52. The topological polar surface area (TPSA) is 136 Å². The summed E-state index contributed by atoms with van der Waals surface area (Å²) >= 11 is 0. The highest BCUT2D eigenvalue weighted by Crippen LogP contribution is 2.32. The molecule has 1 N–H and O–H groups in total. The second kappa shape index (κ2) is 14.7. The number of rotatable bonds is 10. The molecule has 4 aromatic carbocycles. The van der Waals surface area contributed by atoms with Gasteiger partial charge in [0.1, 0.15) is 30.0 Å². The van der Waals surface area contributed by atoms with Gasteiger partial charge in [-0.25, -0.2) is 19.6 Å². The molecule has 12 nitrogen and oxygen atoms in total. The first-order chi connectivity index (χ1) is 26.2. The summed E-state index contributed by atoms with van der Waals surface area (Å²) in [7, 11) is 2.05. The minimum atomic E-state index is -1.23. The summed E-state index contributed by atoms with van der Waals surface area (Å²) in [4.78, 5) is 35.9. The van der Waals surface area contributed by atoms with Crippen LogP contribution in [-0.2, 0) is 43.7 Å². The van der Waals surface area contributed by atoms with Gasteiger partial charge in [0.25, 0.3) is 0 Å². The van der Waals surface area contributed by atoms with Gasteiger partial charge in [-0.15, -0.1) is 0 Å². The fourth-order valence-corrected chi connectivity index (χ4v) is 7.52. The third kappa shape index (κ3) is 6.72. The fraction of sp³-hybridized carbons (Fsp3) is 0.333. The molecule has 2 aromatic heterocycles. The van der Waals surface area contributed by atoms with Gasteiger partial charge in [-0.3, -0.25) is 0 Å². The van der Waals surface area contributed by atoms with Crippen LogP contribution in [0.4, 0.5) is 4.79 Å². The monoisotopic (exact) mass is 730 g/mol. The molecule has 2 aliphatic heterocycles. The largest absolute Gasteiger partial charge is 0.511 e. The minimum Gasteiger partial charge on any atom is -0.426 e. The SMILES string of the molecule is CCCc1nc2c(C)cc(-c3nc4ccccc4n3C)cc2n1Cc1ccc(-c2ccccc2C(=O)OC(C)OC(=O)O[C@H]2CO[C@H]3[C@@H]2OC[C@@H]3O)cc1. The summed E-state index contributed by atoms with van der Waals surface area (Å²) in [5, 5.41) is 9.93. The number of carbonyl (C=O) groups excluding carboxylic acids is 2. The summed E-state index contributed by atoms with van der Waals surface area (Å²) < 4.78 is 31.5. The van der Waals surface area contributed by atoms with Gasteiger partial charge in [-0.05, 0) is 65.9 Å². The number of aromatic nitrogens is 4. The molecule has 5 atom stereocenters. The predicted octanol–water partition coefficient (Wildman–Crippen LogP) is 6.75. The van der Waals surface area contributed by atoms with Crippen molar-refractivity contribution >= 4 is 34.2 Å².